The van der Waals surface area contributed by atoms with Gasteiger partial charge in [0.25, 0.3) is 0 Å². The number of thioether (sulfide) groups is 1. The van der Waals surface area contributed by atoms with E-state index >= 15 is 0 Å². The van der Waals surface area contributed by atoms with Crippen molar-refractivity contribution in [2.45, 2.75) is 4.34 Å². The number of nitrogens with zero attached hydrogens (tertiary/aromatic N) is 2. The lowest BCUT2D eigenvalue weighted by atomic mass is 9.98. The standard InChI is InChI=1S/C3H3BF3N2S2/c5-4(6,7)1-10-3-8-2-9-11-3/h2H,1H2/q-1. The molecular formula is C3H3BF3N2S2-. The summed E-state index contributed by atoms with van der Waals surface area (Å²) in [5.41, 5.74) is -0.838. The Kier molecular flexibility index (Phi) is 2.77. The van der Waals surface area contributed by atoms with Gasteiger partial charge in [0.2, 0.25) is 0 Å². The fourth-order valence-corrected chi connectivity index (χ4v) is 1.67. The summed E-state index contributed by atoms with van der Waals surface area (Å²) < 4.78 is 38.9. The third-order valence-electron chi connectivity index (χ3n) is 0.737. The van der Waals surface area contributed by atoms with Crippen LogP contribution in [-0.4, -0.2) is 22.0 Å². The van der Waals surface area contributed by atoms with Crippen LogP contribution in [0.15, 0.2) is 10.7 Å². The quantitative estimate of drug-likeness (QED) is 0.550. The maximum atomic E-state index is 11.6. The van der Waals surface area contributed by atoms with Gasteiger partial charge in [-0.1, -0.05) is 0 Å². The van der Waals surface area contributed by atoms with Crippen LogP contribution >= 0.6 is 23.3 Å². The molecule has 0 unspecified atom stereocenters. The molecule has 0 aliphatic rings. The molecule has 0 atom stereocenters. The van der Waals surface area contributed by atoms with Crippen LogP contribution in [0.3, 0.4) is 0 Å². The Bertz CT molecular complexity index is 211. The lowest BCUT2D eigenvalue weighted by Gasteiger charge is -2.10. The van der Waals surface area contributed by atoms with Crippen molar-refractivity contribution < 1.29 is 12.9 Å². The Labute approximate surface area is 69.4 Å². The van der Waals surface area contributed by atoms with Crippen molar-refractivity contribution in [2.24, 2.45) is 0 Å². The van der Waals surface area contributed by atoms with Gasteiger partial charge in [-0.05, 0) is 17.2 Å². The normalized spacial score (nSPS) is 11.9. The predicted octanol–water partition coefficient (Wildman–Crippen LogP) is 2.02. The molecule has 0 saturated heterocycles. The van der Waals surface area contributed by atoms with Gasteiger partial charge in [-0.3, -0.25) is 0 Å². The van der Waals surface area contributed by atoms with Crippen molar-refractivity contribution in [3.05, 3.63) is 6.33 Å². The average molecular weight is 199 g/mol. The molecule has 0 spiro atoms. The second-order valence-corrected chi connectivity index (χ2v) is 3.78. The summed E-state index contributed by atoms with van der Waals surface area (Å²) in [5.74, 6) is 0. The molecule has 0 radical (unpaired) electrons. The smallest absolute Gasteiger partial charge is 0.448 e. The highest BCUT2D eigenvalue weighted by Crippen LogP contribution is 2.24. The van der Waals surface area contributed by atoms with Crippen LogP contribution in [0.2, 0.25) is 0 Å². The fourth-order valence-electron chi connectivity index (χ4n) is 0.392. The molecule has 0 aliphatic carbocycles. The van der Waals surface area contributed by atoms with Gasteiger partial charge in [0, 0.05) is 0 Å². The van der Waals surface area contributed by atoms with Gasteiger partial charge < -0.3 is 12.9 Å². The molecule has 62 valence electrons. The van der Waals surface area contributed by atoms with E-state index in [4.69, 9.17) is 0 Å². The molecule has 0 saturated carbocycles. The topological polar surface area (TPSA) is 25.8 Å². The summed E-state index contributed by atoms with van der Waals surface area (Å²) >= 11 is 1.66. The lowest BCUT2D eigenvalue weighted by molar-refractivity contribution is 0.485. The third kappa shape index (κ3) is 3.61. The average Bonchev–Trinajstić information content (AvgIpc) is 2.32. The highest BCUT2D eigenvalue weighted by atomic mass is 32.2. The van der Waals surface area contributed by atoms with Crippen LogP contribution in [0.5, 0.6) is 0 Å². The van der Waals surface area contributed by atoms with Crippen LogP contribution in [0.25, 0.3) is 0 Å². The zero-order chi connectivity index (χ0) is 8.32. The predicted molar refractivity (Wildman–Crippen MR) is 39.7 cm³/mol. The minimum absolute atomic E-state index is 0.365. The Morgan fingerprint density at radius 1 is 1.55 bits per heavy atom. The summed E-state index contributed by atoms with van der Waals surface area (Å²) in [6, 6.07) is 0. The summed E-state index contributed by atoms with van der Waals surface area (Å²) in [5, 5.41) is 0. The maximum Gasteiger partial charge on any atom is 0.488 e. The fraction of sp³-hybridized carbons (Fsp3) is 0.333. The van der Waals surface area contributed by atoms with Crippen LogP contribution in [0.4, 0.5) is 12.9 Å². The summed E-state index contributed by atoms with van der Waals surface area (Å²) in [6.45, 7) is -4.71. The third-order valence-corrected chi connectivity index (χ3v) is 2.67. The van der Waals surface area contributed by atoms with Gasteiger partial charge in [-0.25, -0.2) is 4.98 Å². The van der Waals surface area contributed by atoms with Crippen molar-refractivity contribution in [1.82, 2.24) is 9.36 Å². The van der Waals surface area contributed by atoms with Gasteiger partial charge in [0.1, 0.15) is 6.33 Å². The second kappa shape index (κ2) is 3.44. The lowest BCUT2D eigenvalue weighted by Crippen LogP contribution is -2.18. The minimum atomic E-state index is -4.71. The SMILES string of the molecule is F[B-](F)(F)CSc1ncns1. The van der Waals surface area contributed by atoms with E-state index in [9.17, 15) is 12.9 Å². The van der Waals surface area contributed by atoms with Gasteiger partial charge in [0.15, 0.2) is 4.34 Å². The molecule has 0 amide bonds. The van der Waals surface area contributed by atoms with E-state index in [1.165, 1.54) is 6.33 Å². The first-order valence-corrected chi connectivity index (χ1v) is 4.44. The van der Waals surface area contributed by atoms with Gasteiger partial charge in [-0.2, -0.15) is 4.37 Å². The number of rotatable bonds is 3. The summed E-state index contributed by atoms with van der Waals surface area (Å²) in [4.78, 5) is 3.60. The van der Waals surface area contributed by atoms with E-state index in [0.29, 0.717) is 16.1 Å². The van der Waals surface area contributed by atoms with Crippen LogP contribution < -0.4 is 0 Å². The van der Waals surface area contributed by atoms with E-state index in [2.05, 4.69) is 9.36 Å². The number of halogens is 3. The minimum Gasteiger partial charge on any atom is -0.448 e. The molecule has 0 bridgehead atoms. The van der Waals surface area contributed by atoms with E-state index in [0.717, 1.165) is 11.5 Å². The van der Waals surface area contributed by atoms with Crippen molar-refractivity contribution in [3.8, 4) is 0 Å². The number of hydrogen-bond acceptors (Lipinski definition) is 4. The highest BCUT2D eigenvalue weighted by Gasteiger charge is 2.23. The van der Waals surface area contributed by atoms with Crippen LogP contribution in [-0.2, 0) is 0 Å². The Morgan fingerprint density at radius 2 is 2.27 bits per heavy atom. The molecule has 0 fully saturated rings. The van der Waals surface area contributed by atoms with Gasteiger partial charge in [-0.15, -0.1) is 11.8 Å². The summed E-state index contributed by atoms with van der Waals surface area (Å²) in [6.07, 6.45) is 1.25. The molecule has 1 heterocycles. The Hall–Kier alpha value is -0.235. The maximum absolute atomic E-state index is 11.6. The summed E-state index contributed by atoms with van der Waals surface area (Å²) in [7, 11) is 0. The van der Waals surface area contributed by atoms with Crippen molar-refractivity contribution in [2.75, 3.05) is 5.65 Å². The van der Waals surface area contributed by atoms with Crippen LogP contribution in [0, 0.1) is 0 Å². The van der Waals surface area contributed by atoms with Crippen molar-refractivity contribution >= 4 is 30.3 Å². The molecule has 8 heteroatoms. The van der Waals surface area contributed by atoms with E-state index in [1.54, 1.807) is 0 Å². The van der Waals surface area contributed by atoms with E-state index in [-0.39, 0.29) is 0 Å². The van der Waals surface area contributed by atoms with Crippen LogP contribution in [0.1, 0.15) is 0 Å². The molecule has 2 nitrogen and oxygen atoms in total. The zero-order valence-corrected chi connectivity index (χ0v) is 6.84. The molecule has 0 aliphatic heterocycles. The van der Waals surface area contributed by atoms with E-state index < -0.39 is 12.6 Å². The van der Waals surface area contributed by atoms with Crippen molar-refractivity contribution in [1.29, 1.82) is 0 Å². The Balaban J connectivity index is 2.35. The molecule has 0 N–H and O–H groups in total. The first-order valence-electron chi connectivity index (χ1n) is 2.68. The molecule has 1 aromatic heterocycles. The second-order valence-electron chi connectivity index (χ2n) is 1.73. The largest absolute Gasteiger partial charge is 0.488 e. The highest BCUT2D eigenvalue weighted by molar-refractivity contribution is 8.02. The first-order chi connectivity index (χ1) is 5.08. The van der Waals surface area contributed by atoms with E-state index in [1.807, 2.05) is 0 Å². The number of hydrogen-bond donors (Lipinski definition) is 0. The molecule has 1 aromatic rings. The Morgan fingerprint density at radius 3 is 2.73 bits per heavy atom. The van der Waals surface area contributed by atoms with Crippen molar-refractivity contribution in [3.63, 3.8) is 0 Å². The monoisotopic (exact) mass is 199 g/mol. The molecule has 11 heavy (non-hydrogen) atoms. The molecular weight excluding hydrogens is 196 g/mol. The molecule has 0 aromatic carbocycles. The first kappa shape index (κ1) is 8.86. The van der Waals surface area contributed by atoms with Gasteiger partial charge >= 0.3 is 6.98 Å². The number of aromatic nitrogens is 2. The molecule has 1 rings (SSSR count). The zero-order valence-electron chi connectivity index (χ0n) is 5.21. The van der Waals surface area contributed by atoms with Gasteiger partial charge in [0.05, 0.1) is 0 Å².